The average Bonchev–Trinajstić information content (AvgIpc) is 2.26. The Bertz CT molecular complexity index is 179. The molecule has 0 aliphatic heterocycles. The van der Waals surface area contributed by atoms with Gasteiger partial charge in [-0.25, -0.2) is 0 Å². The van der Waals surface area contributed by atoms with Crippen molar-refractivity contribution in [3.63, 3.8) is 0 Å². The number of nitrogens with one attached hydrogen (secondary N) is 1. The first-order chi connectivity index (χ1) is 7.24. The van der Waals surface area contributed by atoms with Gasteiger partial charge < -0.3 is 15.0 Å². The van der Waals surface area contributed by atoms with Crippen LogP contribution in [0.3, 0.4) is 0 Å². The number of rotatable bonds is 9. The van der Waals surface area contributed by atoms with Gasteiger partial charge in [0.15, 0.2) is 0 Å². The average molecular weight is 213 g/mol. The second-order valence-corrected chi connectivity index (χ2v) is 3.72. The van der Waals surface area contributed by atoms with Crippen LogP contribution >= 0.6 is 0 Å². The lowest BCUT2D eigenvalue weighted by atomic mass is 10.2. The molecule has 0 aromatic carbocycles. The smallest absolute Gasteiger partial charge is 0.0965 e. The Labute approximate surface area is 93.2 Å². The van der Waals surface area contributed by atoms with Crippen LogP contribution < -0.4 is 5.32 Å². The van der Waals surface area contributed by atoms with Crippen molar-refractivity contribution >= 4 is 0 Å². The third-order valence-electron chi connectivity index (χ3n) is 2.27. The fourth-order valence-corrected chi connectivity index (χ4v) is 1.24. The molecule has 0 aliphatic rings. The van der Waals surface area contributed by atoms with Crippen LogP contribution in [-0.4, -0.2) is 51.3 Å². The molecule has 0 fully saturated rings. The van der Waals surface area contributed by atoms with E-state index in [1.807, 2.05) is 7.05 Å². The zero-order valence-electron chi connectivity index (χ0n) is 10.1. The van der Waals surface area contributed by atoms with Crippen LogP contribution in [0.1, 0.15) is 19.8 Å². The molecule has 0 spiro atoms. The van der Waals surface area contributed by atoms with Gasteiger partial charge in [-0.2, -0.15) is 5.26 Å². The van der Waals surface area contributed by atoms with Gasteiger partial charge in [0.1, 0.15) is 0 Å². The van der Waals surface area contributed by atoms with E-state index in [9.17, 15) is 0 Å². The first kappa shape index (κ1) is 14.4. The molecule has 15 heavy (non-hydrogen) atoms. The van der Waals surface area contributed by atoms with Crippen LogP contribution in [0.2, 0.25) is 0 Å². The van der Waals surface area contributed by atoms with E-state index in [0.29, 0.717) is 0 Å². The summed E-state index contributed by atoms with van der Waals surface area (Å²) in [6.07, 6.45) is 1.94. The Morgan fingerprint density at radius 3 is 2.73 bits per heavy atom. The molecule has 0 aromatic rings. The minimum atomic E-state index is -0.0186. The van der Waals surface area contributed by atoms with Crippen LogP contribution in [0.5, 0.6) is 0 Å². The minimum absolute atomic E-state index is 0.0186. The predicted molar refractivity (Wildman–Crippen MR) is 61.7 cm³/mol. The largest absolute Gasteiger partial charge is 0.383 e. The Kier molecular flexibility index (Phi) is 9.49. The number of hydrogen-bond acceptors (Lipinski definition) is 4. The topological polar surface area (TPSA) is 48.3 Å². The number of nitrogens with zero attached hydrogens (tertiary/aromatic N) is 2. The van der Waals surface area contributed by atoms with Gasteiger partial charge in [0.05, 0.1) is 18.7 Å². The van der Waals surface area contributed by atoms with Crippen molar-refractivity contribution in [3.8, 4) is 6.07 Å². The molecule has 4 nitrogen and oxygen atoms in total. The van der Waals surface area contributed by atoms with Gasteiger partial charge in [-0.05, 0) is 26.4 Å². The van der Waals surface area contributed by atoms with E-state index < -0.39 is 0 Å². The van der Waals surface area contributed by atoms with Gasteiger partial charge in [0.2, 0.25) is 0 Å². The quantitative estimate of drug-likeness (QED) is 0.617. The summed E-state index contributed by atoms with van der Waals surface area (Å²) >= 11 is 0. The first-order valence-corrected chi connectivity index (χ1v) is 5.55. The molecule has 0 saturated carbocycles. The molecule has 1 atom stereocenters. The van der Waals surface area contributed by atoms with E-state index in [1.165, 1.54) is 0 Å². The summed E-state index contributed by atoms with van der Waals surface area (Å²) in [5.41, 5.74) is 0. The highest BCUT2D eigenvalue weighted by molar-refractivity contribution is 4.89. The second-order valence-electron chi connectivity index (χ2n) is 3.72. The maximum atomic E-state index is 8.89. The highest BCUT2D eigenvalue weighted by atomic mass is 16.5. The van der Waals surface area contributed by atoms with E-state index in [-0.39, 0.29) is 6.04 Å². The third kappa shape index (κ3) is 8.37. The third-order valence-corrected chi connectivity index (χ3v) is 2.27. The minimum Gasteiger partial charge on any atom is -0.383 e. The van der Waals surface area contributed by atoms with E-state index in [0.717, 1.165) is 39.1 Å². The van der Waals surface area contributed by atoms with Gasteiger partial charge in [-0.3, -0.25) is 0 Å². The number of nitriles is 1. The number of likely N-dealkylation sites (N-methyl/N-ethyl adjacent to an activating group) is 1. The SMILES string of the molecule is CCCNC(C#N)CCN(C)CCOC. The summed E-state index contributed by atoms with van der Waals surface area (Å²) in [5.74, 6) is 0. The number of ether oxygens (including phenoxy) is 1. The molecule has 1 unspecified atom stereocenters. The Hall–Kier alpha value is -0.630. The molecule has 0 heterocycles. The van der Waals surface area contributed by atoms with Crippen LogP contribution in [0, 0.1) is 11.3 Å². The maximum absolute atomic E-state index is 8.89. The highest BCUT2D eigenvalue weighted by Crippen LogP contribution is 1.94. The van der Waals surface area contributed by atoms with Gasteiger partial charge in [-0.1, -0.05) is 6.92 Å². The van der Waals surface area contributed by atoms with Gasteiger partial charge in [0.25, 0.3) is 0 Å². The van der Waals surface area contributed by atoms with Crippen molar-refractivity contribution in [2.45, 2.75) is 25.8 Å². The molecule has 0 saturated heterocycles. The zero-order chi connectivity index (χ0) is 11.5. The summed E-state index contributed by atoms with van der Waals surface area (Å²) in [6, 6.07) is 2.26. The van der Waals surface area contributed by atoms with Gasteiger partial charge in [-0.15, -0.1) is 0 Å². The molecule has 0 aliphatic carbocycles. The van der Waals surface area contributed by atoms with E-state index in [1.54, 1.807) is 7.11 Å². The highest BCUT2D eigenvalue weighted by Gasteiger charge is 2.07. The number of hydrogen-bond donors (Lipinski definition) is 1. The molecule has 0 radical (unpaired) electrons. The monoisotopic (exact) mass is 213 g/mol. The molecule has 4 heteroatoms. The fourth-order valence-electron chi connectivity index (χ4n) is 1.24. The van der Waals surface area contributed by atoms with Crippen molar-refractivity contribution in [1.82, 2.24) is 10.2 Å². The van der Waals surface area contributed by atoms with Crippen molar-refractivity contribution in [2.75, 3.05) is 40.4 Å². The fraction of sp³-hybridized carbons (Fsp3) is 0.909. The van der Waals surface area contributed by atoms with Crippen LogP contribution in [0.25, 0.3) is 0 Å². The normalized spacial score (nSPS) is 12.7. The molecule has 0 amide bonds. The second kappa shape index (κ2) is 9.91. The maximum Gasteiger partial charge on any atom is 0.0965 e. The molecule has 0 aromatic heterocycles. The van der Waals surface area contributed by atoms with E-state index in [2.05, 4.69) is 23.2 Å². The molecular weight excluding hydrogens is 190 g/mol. The Morgan fingerprint density at radius 1 is 1.47 bits per heavy atom. The standard InChI is InChI=1S/C11H23N3O/c1-4-6-13-11(10-12)5-7-14(2)8-9-15-3/h11,13H,4-9H2,1-3H3. The molecule has 88 valence electrons. The van der Waals surface area contributed by atoms with Crippen molar-refractivity contribution in [1.29, 1.82) is 5.26 Å². The molecule has 0 rings (SSSR count). The molecular formula is C11H23N3O. The summed E-state index contributed by atoms with van der Waals surface area (Å²) in [7, 11) is 3.75. The summed E-state index contributed by atoms with van der Waals surface area (Å²) < 4.78 is 4.99. The van der Waals surface area contributed by atoms with Gasteiger partial charge in [0, 0.05) is 20.2 Å². The molecule has 1 N–H and O–H groups in total. The van der Waals surface area contributed by atoms with E-state index >= 15 is 0 Å². The van der Waals surface area contributed by atoms with Crippen LogP contribution in [-0.2, 0) is 4.74 Å². The summed E-state index contributed by atoms with van der Waals surface area (Å²) in [5, 5.41) is 12.1. The summed E-state index contributed by atoms with van der Waals surface area (Å²) in [6.45, 7) is 5.61. The van der Waals surface area contributed by atoms with Crippen molar-refractivity contribution in [2.24, 2.45) is 0 Å². The van der Waals surface area contributed by atoms with Crippen LogP contribution in [0.15, 0.2) is 0 Å². The summed E-state index contributed by atoms with van der Waals surface area (Å²) in [4.78, 5) is 2.18. The lowest BCUT2D eigenvalue weighted by Gasteiger charge is -2.18. The zero-order valence-corrected chi connectivity index (χ0v) is 10.1. The van der Waals surface area contributed by atoms with Crippen LogP contribution in [0.4, 0.5) is 0 Å². The van der Waals surface area contributed by atoms with Gasteiger partial charge >= 0.3 is 0 Å². The predicted octanol–water partition coefficient (Wildman–Crippen LogP) is 0.846. The lowest BCUT2D eigenvalue weighted by molar-refractivity contribution is 0.159. The lowest BCUT2D eigenvalue weighted by Crippen LogP contribution is -2.33. The van der Waals surface area contributed by atoms with E-state index in [4.69, 9.17) is 10.00 Å². The molecule has 0 bridgehead atoms. The first-order valence-electron chi connectivity index (χ1n) is 5.55. The number of methoxy groups -OCH3 is 1. The Morgan fingerprint density at radius 2 is 2.20 bits per heavy atom. The van der Waals surface area contributed by atoms with Crippen molar-refractivity contribution < 1.29 is 4.74 Å². The van der Waals surface area contributed by atoms with Crippen molar-refractivity contribution in [3.05, 3.63) is 0 Å². The Balaban J connectivity index is 3.56.